The number of aromatic nitrogens is 2. The Kier molecular flexibility index (Phi) is 2.71. The summed E-state index contributed by atoms with van der Waals surface area (Å²) in [6, 6.07) is 8.97. The van der Waals surface area contributed by atoms with Gasteiger partial charge in [0.15, 0.2) is 0 Å². The Morgan fingerprint density at radius 2 is 1.94 bits per heavy atom. The van der Waals surface area contributed by atoms with E-state index in [1.807, 2.05) is 0 Å². The maximum Gasteiger partial charge on any atom is 0.0923 e. The SMILES string of the molecule is CCc1cc(-c2ccc3c(c2)CCCC3)n[nH]1. The molecule has 2 heteroatoms. The van der Waals surface area contributed by atoms with Gasteiger partial charge in [0.2, 0.25) is 0 Å². The molecular formula is C15H18N2. The fourth-order valence-corrected chi connectivity index (χ4v) is 2.58. The van der Waals surface area contributed by atoms with Crippen LogP contribution in [0, 0.1) is 0 Å². The van der Waals surface area contributed by atoms with Crippen LogP contribution >= 0.6 is 0 Å². The fourth-order valence-electron chi connectivity index (χ4n) is 2.58. The molecular weight excluding hydrogens is 208 g/mol. The van der Waals surface area contributed by atoms with Crippen LogP contribution in [0.2, 0.25) is 0 Å². The lowest BCUT2D eigenvalue weighted by molar-refractivity contribution is 0.686. The number of hydrogen-bond donors (Lipinski definition) is 1. The van der Waals surface area contributed by atoms with E-state index in [-0.39, 0.29) is 0 Å². The number of aromatic amines is 1. The highest BCUT2D eigenvalue weighted by Gasteiger charge is 2.11. The molecule has 0 aliphatic heterocycles. The molecule has 1 aliphatic carbocycles. The molecule has 0 bridgehead atoms. The summed E-state index contributed by atoms with van der Waals surface area (Å²) < 4.78 is 0. The van der Waals surface area contributed by atoms with E-state index in [0.717, 1.165) is 12.1 Å². The Hall–Kier alpha value is -1.57. The summed E-state index contributed by atoms with van der Waals surface area (Å²) in [6.45, 7) is 2.14. The second-order valence-electron chi connectivity index (χ2n) is 4.82. The Morgan fingerprint density at radius 1 is 1.12 bits per heavy atom. The molecule has 3 rings (SSSR count). The zero-order chi connectivity index (χ0) is 11.7. The van der Waals surface area contributed by atoms with Crippen molar-refractivity contribution in [2.75, 3.05) is 0 Å². The van der Waals surface area contributed by atoms with Crippen molar-refractivity contribution in [3.05, 3.63) is 41.1 Å². The number of fused-ring (bicyclic) bond motifs is 1. The number of nitrogens with zero attached hydrogens (tertiary/aromatic N) is 1. The van der Waals surface area contributed by atoms with Crippen molar-refractivity contribution in [3.63, 3.8) is 0 Å². The smallest absolute Gasteiger partial charge is 0.0923 e. The number of aryl methyl sites for hydroxylation is 3. The van der Waals surface area contributed by atoms with Crippen LogP contribution in [0.15, 0.2) is 24.3 Å². The van der Waals surface area contributed by atoms with Gasteiger partial charge in [-0.1, -0.05) is 19.1 Å². The van der Waals surface area contributed by atoms with E-state index in [9.17, 15) is 0 Å². The summed E-state index contributed by atoms with van der Waals surface area (Å²) in [4.78, 5) is 0. The van der Waals surface area contributed by atoms with Crippen LogP contribution in [0.4, 0.5) is 0 Å². The predicted molar refractivity (Wildman–Crippen MR) is 70.0 cm³/mol. The van der Waals surface area contributed by atoms with E-state index in [0.29, 0.717) is 0 Å². The van der Waals surface area contributed by atoms with Gasteiger partial charge >= 0.3 is 0 Å². The standard InChI is InChI=1S/C15H18N2/c1-2-14-10-15(17-16-14)13-8-7-11-5-3-4-6-12(11)9-13/h7-10H,2-6H2,1H3,(H,16,17). The third-order valence-electron chi connectivity index (χ3n) is 3.66. The van der Waals surface area contributed by atoms with Gasteiger partial charge < -0.3 is 0 Å². The summed E-state index contributed by atoms with van der Waals surface area (Å²) in [7, 11) is 0. The first kappa shape index (κ1) is 10.6. The van der Waals surface area contributed by atoms with Crippen LogP contribution in [0.25, 0.3) is 11.3 Å². The third kappa shape index (κ3) is 1.99. The van der Waals surface area contributed by atoms with Gasteiger partial charge in [-0.05, 0) is 55.4 Å². The molecule has 0 saturated heterocycles. The van der Waals surface area contributed by atoms with Crippen molar-refractivity contribution in [2.45, 2.75) is 39.0 Å². The zero-order valence-electron chi connectivity index (χ0n) is 10.3. The molecule has 0 atom stereocenters. The van der Waals surface area contributed by atoms with Crippen LogP contribution < -0.4 is 0 Å². The Morgan fingerprint density at radius 3 is 2.71 bits per heavy atom. The topological polar surface area (TPSA) is 28.7 Å². The predicted octanol–water partition coefficient (Wildman–Crippen LogP) is 3.52. The van der Waals surface area contributed by atoms with Crippen LogP contribution in [-0.4, -0.2) is 10.2 Å². The van der Waals surface area contributed by atoms with Crippen molar-refractivity contribution >= 4 is 0 Å². The van der Waals surface area contributed by atoms with Gasteiger partial charge in [-0.2, -0.15) is 5.10 Å². The maximum atomic E-state index is 4.38. The van der Waals surface area contributed by atoms with Crippen molar-refractivity contribution in [3.8, 4) is 11.3 Å². The highest BCUT2D eigenvalue weighted by Crippen LogP contribution is 2.26. The van der Waals surface area contributed by atoms with E-state index in [2.05, 4.69) is 41.4 Å². The van der Waals surface area contributed by atoms with Crippen molar-refractivity contribution < 1.29 is 0 Å². The molecule has 0 spiro atoms. The molecule has 1 aromatic heterocycles. The molecule has 2 aromatic rings. The summed E-state index contributed by atoms with van der Waals surface area (Å²) in [5.41, 5.74) is 6.59. The minimum atomic E-state index is 1.01. The van der Waals surface area contributed by atoms with Crippen molar-refractivity contribution in [1.82, 2.24) is 10.2 Å². The van der Waals surface area contributed by atoms with E-state index in [1.165, 1.54) is 48.1 Å². The fraction of sp³-hybridized carbons (Fsp3) is 0.400. The van der Waals surface area contributed by atoms with Crippen molar-refractivity contribution in [2.24, 2.45) is 0 Å². The lowest BCUT2D eigenvalue weighted by Gasteiger charge is -2.15. The molecule has 1 aliphatic rings. The first-order chi connectivity index (χ1) is 8.36. The lowest BCUT2D eigenvalue weighted by Crippen LogP contribution is -2.02. The summed E-state index contributed by atoms with van der Waals surface area (Å²) >= 11 is 0. The minimum absolute atomic E-state index is 1.01. The highest BCUT2D eigenvalue weighted by molar-refractivity contribution is 5.61. The average molecular weight is 226 g/mol. The van der Waals surface area contributed by atoms with Crippen LogP contribution in [-0.2, 0) is 19.3 Å². The molecule has 0 saturated carbocycles. The van der Waals surface area contributed by atoms with Crippen LogP contribution in [0.5, 0.6) is 0 Å². The van der Waals surface area contributed by atoms with Gasteiger partial charge in [-0.3, -0.25) is 5.10 Å². The third-order valence-corrected chi connectivity index (χ3v) is 3.66. The summed E-state index contributed by atoms with van der Waals surface area (Å²) in [5, 5.41) is 7.47. The van der Waals surface area contributed by atoms with Crippen LogP contribution in [0.1, 0.15) is 36.6 Å². The number of benzene rings is 1. The lowest BCUT2D eigenvalue weighted by atomic mass is 9.90. The minimum Gasteiger partial charge on any atom is -0.282 e. The second-order valence-corrected chi connectivity index (χ2v) is 4.82. The number of hydrogen-bond acceptors (Lipinski definition) is 1. The van der Waals surface area contributed by atoms with Gasteiger partial charge in [0.1, 0.15) is 0 Å². The molecule has 0 unspecified atom stereocenters. The first-order valence-corrected chi connectivity index (χ1v) is 6.53. The highest BCUT2D eigenvalue weighted by atomic mass is 15.1. The second kappa shape index (κ2) is 4.36. The molecule has 2 nitrogen and oxygen atoms in total. The van der Waals surface area contributed by atoms with Gasteiger partial charge in [-0.15, -0.1) is 0 Å². The van der Waals surface area contributed by atoms with Gasteiger partial charge in [-0.25, -0.2) is 0 Å². The zero-order valence-corrected chi connectivity index (χ0v) is 10.3. The first-order valence-electron chi connectivity index (χ1n) is 6.53. The average Bonchev–Trinajstić information content (AvgIpc) is 2.87. The molecule has 0 amide bonds. The van der Waals surface area contributed by atoms with Crippen LogP contribution in [0.3, 0.4) is 0 Å². The Bertz CT molecular complexity index is 525. The largest absolute Gasteiger partial charge is 0.282 e. The molecule has 1 heterocycles. The monoisotopic (exact) mass is 226 g/mol. The van der Waals surface area contributed by atoms with Gasteiger partial charge in [0.05, 0.1) is 5.69 Å². The molecule has 1 N–H and O–H groups in total. The molecule has 88 valence electrons. The van der Waals surface area contributed by atoms with Crippen molar-refractivity contribution in [1.29, 1.82) is 0 Å². The summed E-state index contributed by atoms with van der Waals surface area (Å²) in [5.74, 6) is 0. The van der Waals surface area contributed by atoms with E-state index >= 15 is 0 Å². The molecule has 1 aromatic carbocycles. The molecule has 0 fully saturated rings. The molecule has 0 radical (unpaired) electrons. The maximum absolute atomic E-state index is 4.38. The van der Waals surface area contributed by atoms with E-state index in [1.54, 1.807) is 0 Å². The number of H-pyrrole nitrogens is 1. The van der Waals surface area contributed by atoms with Gasteiger partial charge in [0.25, 0.3) is 0 Å². The van der Waals surface area contributed by atoms with E-state index < -0.39 is 0 Å². The van der Waals surface area contributed by atoms with E-state index in [4.69, 9.17) is 0 Å². The Balaban J connectivity index is 1.97. The number of rotatable bonds is 2. The number of nitrogens with one attached hydrogen (secondary N) is 1. The normalized spacial score (nSPS) is 14.6. The summed E-state index contributed by atoms with van der Waals surface area (Å²) in [6.07, 6.45) is 6.16. The Labute approximate surface area is 102 Å². The van der Waals surface area contributed by atoms with Gasteiger partial charge in [0, 0.05) is 11.3 Å². The quantitative estimate of drug-likeness (QED) is 0.834. The molecule has 17 heavy (non-hydrogen) atoms.